The van der Waals surface area contributed by atoms with Gasteiger partial charge in [0.15, 0.2) is 5.13 Å². The Bertz CT molecular complexity index is 773. The van der Waals surface area contributed by atoms with Crippen molar-refractivity contribution in [3.63, 3.8) is 0 Å². The predicted molar refractivity (Wildman–Crippen MR) is 89.3 cm³/mol. The first-order valence-electron chi connectivity index (χ1n) is 6.79. The van der Waals surface area contributed by atoms with Gasteiger partial charge in [0, 0.05) is 6.20 Å². The summed E-state index contributed by atoms with van der Waals surface area (Å²) < 4.78 is 1.09. The highest BCUT2D eigenvalue weighted by Gasteiger charge is 2.05. The molecule has 0 saturated heterocycles. The molecule has 3 rings (SSSR count). The smallest absolute Gasteiger partial charge is 0.259 e. The van der Waals surface area contributed by atoms with E-state index in [2.05, 4.69) is 25.8 Å². The first-order chi connectivity index (χ1) is 10.7. The molecule has 0 unspecified atom stereocenters. The maximum atomic E-state index is 11.8. The molecule has 0 saturated carbocycles. The minimum absolute atomic E-state index is 0.126. The summed E-state index contributed by atoms with van der Waals surface area (Å²) in [5.41, 5.74) is 5.04. The third kappa shape index (κ3) is 3.32. The van der Waals surface area contributed by atoms with Crippen LogP contribution in [-0.2, 0) is 4.79 Å². The van der Waals surface area contributed by atoms with Crippen LogP contribution in [0.1, 0.15) is 12.6 Å². The summed E-state index contributed by atoms with van der Waals surface area (Å²) in [6.45, 7) is 1.95. The summed E-state index contributed by atoms with van der Waals surface area (Å²) in [5, 5.41) is 7.78. The van der Waals surface area contributed by atoms with E-state index in [1.165, 1.54) is 11.3 Å². The normalized spacial score (nSPS) is 11.6. The number of H-pyrrole nitrogens is 1. The van der Waals surface area contributed by atoms with Crippen molar-refractivity contribution >= 4 is 38.3 Å². The van der Waals surface area contributed by atoms with Crippen LogP contribution in [0.25, 0.3) is 10.2 Å². The van der Waals surface area contributed by atoms with Crippen LogP contribution in [0.5, 0.6) is 0 Å². The summed E-state index contributed by atoms with van der Waals surface area (Å²) in [4.78, 5) is 19.2. The second-order valence-electron chi connectivity index (χ2n) is 4.66. The van der Waals surface area contributed by atoms with E-state index in [1.54, 1.807) is 0 Å². The highest BCUT2D eigenvalue weighted by Crippen LogP contribution is 2.24. The molecule has 0 bridgehead atoms. The molecule has 2 heterocycles. The fraction of sp³-hybridized carbons (Fsp3) is 0.133. The maximum absolute atomic E-state index is 11.8. The van der Waals surface area contributed by atoms with Gasteiger partial charge in [0.2, 0.25) is 0 Å². The molecule has 112 valence electrons. The molecular formula is C15H15N5OS. The Hall–Kier alpha value is -2.67. The lowest BCUT2D eigenvalue weighted by atomic mass is 10.3. The van der Waals surface area contributed by atoms with E-state index < -0.39 is 0 Å². The van der Waals surface area contributed by atoms with E-state index in [9.17, 15) is 4.79 Å². The van der Waals surface area contributed by atoms with E-state index in [1.807, 2.05) is 49.5 Å². The van der Waals surface area contributed by atoms with Crippen LogP contribution >= 0.6 is 11.3 Å². The highest BCUT2D eigenvalue weighted by molar-refractivity contribution is 7.22. The molecule has 0 aliphatic carbocycles. The van der Waals surface area contributed by atoms with Crippen molar-refractivity contribution in [2.24, 2.45) is 5.10 Å². The zero-order valence-corrected chi connectivity index (χ0v) is 12.8. The number of aromatic amines is 1. The SMILES string of the molecule is C/C(=N\NC(=O)CNc1nc2ccccc2s1)c1ccc[nH]1. The number of anilines is 1. The summed E-state index contributed by atoms with van der Waals surface area (Å²) >= 11 is 1.52. The second-order valence-corrected chi connectivity index (χ2v) is 5.69. The van der Waals surface area contributed by atoms with Crippen molar-refractivity contribution in [1.29, 1.82) is 0 Å². The Morgan fingerprint density at radius 1 is 1.32 bits per heavy atom. The van der Waals surface area contributed by atoms with Crippen molar-refractivity contribution in [3.05, 3.63) is 48.3 Å². The van der Waals surface area contributed by atoms with Crippen molar-refractivity contribution < 1.29 is 4.79 Å². The number of fused-ring (bicyclic) bond motifs is 1. The van der Waals surface area contributed by atoms with Gasteiger partial charge in [-0.3, -0.25) is 4.79 Å². The predicted octanol–water partition coefficient (Wildman–Crippen LogP) is 2.58. The molecule has 22 heavy (non-hydrogen) atoms. The fourth-order valence-electron chi connectivity index (χ4n) is 1.91. The van der Waals surface area contributed by atoms with E-state index in [0.717, 1.165) is 26.8 Å². The zero-order valence-electron chi connectivity index (χ0n) is 12.0. The zero-order chi connectivity index (χ0) is 15.4. The lowest BCUT2D eigenvalue weighted by Crippen LogP contribution is -2.26. The molecule has 0 spiro atoms. The number of carbonyl (C=O) groups is 1. The van der Waals surface area contributed by atoms with Gasteiger partial charge in [-0.15, -0.1) is 0 Å². The molecule has 6 nitrogen and oxygen atoms in total. The Morgan fingerprint density at radius 2 is 2.18 bits per heavy atom. The Kier molecular flexibility index (Phi) is 4.15. The molecule has 3 aromatic rings. The minimum atomic E-state index is -0.217. The molecule has 2 aromatic heterocycles. The number of carbonyl (C=O) groups excluding carboxylic acids is 1. The number of benzene rings is 1. The van der Waals surface area contributed by atoms with Gasteiger partial charge in [-0.1, -0.05) is 23.5 Å². The number of thiazole rings is 1. The van der Waals surface area contributed by atoms with Gasteiger partial charge in [-0.25, -0.2) is 10.4 Å². The van der Waals surface area contributed by atoms with Gasteiger partial charge in [0.25, 0.3) is 5.91 Å². The summed E-state index contributed by atoms with van der Waals surface area (Å²) in [5.74, 6) is -0.217. The quantitative estimate of drug-likeness (QED) is 0.500. The Morgan fingerprint density at radius 3 is 2.95 bits per heavy atom. The second kappa shape index (κ2) is 6.40. The molecule has 0 fully saturated rings. The lowest BCUT2D eigenvalue weighted by Gasteiger charge is -2.02. The van der Waals surface area contributed by atoms with Gasteiger partial charge < -0.3 is 10.3 Å². The van der Waals surface area contributed by atoms with Crippen molar-refractivity contribution in [2.75, 3.05) is 11.9 Å². The average Bonchev–Trinajstić information content (AvgIpc) is 3.19. The summed E-state index contributed by atoms with van der Waals surface area (Å²) in [6.07, 6.45) is 1.81. The number of hydrazone groups is 1. The van der Waals surface area contributed by atoms with Crippen molar-refractivity contribution in [2.45, 2.75) is 6.92 Å². The summed E-state index contributed by atoms with van der Waals surface area (Å²) in [6, 6.07) is 11.6. The van der Waals surface area contributed by atoms with Gasteiger partial charge in [0.1, 0.15) is 0 Å². The number of aromatic nitrogens is 2. The van der Waals surface area contributed by atoms with Gasteiger partial charge >= 0.3 is 0 Å². The van der Waals surface area contributed by atoms with Crippen LogP contribution in [-0.4, -0.2) is 28.1 Å². The highest BCUT2D eigenvalue weighted by atomic mass is 32.1. The lowest BCUT2D eigenvalue weighted by molar-refractivity contribution is -0.119. The van der Waals surface area contributed by atoms with E-state index in [4.69, 9.17) is 0 Å². The minimum Gasteiger partial charge on any atom is -0.360 e. The Labute approximate surface area is 131 Å². The molecule has 0 aliphatic rings. The van der Waals surface area contributed by atoms with E-state index in [0.29, 0.717) is 0 Å². The molecule has 0 atom stereocenters. The fourth-order valence-corrected chi connectivity index (χ4v) is 2.77. The van der Waals surface area contributed by atoms with Crippen LogP contribution in [0, 0.1) is 0 Å². The number of rotatable bonds is 5. The number of hydrogen-bond acceptors (Lipinski definition) is 5. The number of nitrogens with one attached hydrogen (secondary N) is 3. The standard InChI is InChI=1S/C15H15N5OS/c1-10(11-6-4-8-16-11)19-20-14(21)9-17-15-18-12-5-2-3-7-13(12)22-15/h2-8,16H,9H2,1H3,(H,17,18)(H,20,21)/b19-10+. The average molecular weight is 313 g/mol. The van der Waals surface area contributed by atoms with E-state index in [-0.39, 0.29) is 12.5 Å². The topological polar surface area (TPSA) is 82.2 Å². The molecule has 3 N–H and O–H groups in total. The maximum Gasteiger partial charge on any atom is 0.259 e. The van der Waals surface area contributed by atoms with Gasteiger partial charge in [-0.2, -0.15) is 5.10 Å². The van der Waals surface area contributed by atoms with Gasteiger partial charge in [0.05, 0.1) is 28.2 Å². The van der Waals surface area contributed by atoms with Crippen molar-refractivity contribution in [3.8, 4) is 0 Å². The third-order valence-electron chi connectivity index (χ3n) is 3.03. The molecule has 1 amide bonds. The van der Waals surface area contributed by atoms with E-state index >= 15 is 0 Å². The van der Waals surface area contributed by atoms with Gasteiger partial charge in [-0.05, 0) is 31.2 Å². The largest absolute Gasteiger partial charge is 0.360 e. The molecule has 7 heteroatoms. The molecular weight excluding hydrogens is 298 g/mol. The molecule has 0 aliphatic heterocycles. The first-order valence-corrected chi connectivity index (χ1v) is 7.60. The summed E-state index contributed by atoms with van der Waals surface area (Å²) in [7, 11) is 0. The van der Waals surface area contributed by atoms with Crippen LogP contribution in [0.2, 0.25) is 0 Å². The molecule has 0 radical (unpaired) electrons. The van der Waals surface area contributed by atoms with Crippen LogP contribution in [0.4, 0.5) is 5.13 Å². The third-order valence-corrected chi connectivity index (χ3v) is 4.02. The number of hydrogen-bond donors (Lipinski definition) is 3. The van der Waals surface area contributed by atoms with Crippen molar-refractivity contribution in [1.82, 2.24) is 15.4 Å². The van der Waals surface area contributed by atoms with Crippen LogP contribution in [0.15, 0.2) is 47.7 Å². The number of nitrogens with zero attached hydrogens (tertiary/aromatic N) is 2. The number of para-hydroxylation sites is 1. The van der Waals surface area contributed by atoms with Crippen LogP contribution < -0.4 is 10.7 Å². The first kappa shape index (κ1) is 14.3. The Balaban J connectivity index is 1.55. The molecule has 1 aromatic carbocycles. The number of amides is 1. The van der Waals surface area contributed by atoms with Crippen LogP contribution in [0.3, 0.4) is 0 Å². The monoisotopic (exact) mass is 313 g/mol.